The van der Waals surface area contributed by atoms with Crippen LogP contribution < -0.4 is 5.32 Å². The van der Waals surface area contributed by atoms with Crippen molar-refractivity contribution in [3.63, 3.8) is 0 Å². The summed E-state index contributed by atoms with van der Waals surface area (Å²) in [6, 6.07) is 6.36. The third-order valence-electron chi connectivity index (χ3n) is 3.86. The monoisotopic (exact) mass is 295 g/mol. The van der Waals surface area contributed by atoms with Crippen molar-refractivity contribution in [3.8, 4) is 0 Å². The average Bonchev–Trinajstić information content (AvgIpc) is 2.43. The molecule has 0 heterocycles. The number of carbonyl (C=O) groups excluding carboxylic acids is 1. The van der Waals surface area contributed by atoms with Gasteiger partial charge in [0.1, 0.15) is 5.82 Å². The molecule has 0 bridgehead atoms. The summed E-state index contributed by atoms with van der Waals surface area (Å²) in [5.41, 5.74) is -0.637. The van der Waals surface area contributed by atoms with Crippen LogP contribution >= 0.6 is 0 Å². The SMILES string of the molecule is CC(C)(CO)CCCNC(=O)C(C)(C)c1ccccc1F. The molecule has 0 saturated heterocycles. The fourth-order valence-corrected chi connectivity index (χ4v) is 2.16. The topological polar surface area (TPSA) is 49.3 Å². The molecule has 0 radical (unpaired) electrons. The van der Waals surface area contributed by atoms with E-state index < -0.39 is 5.41 Å². The van der Waals surface area contributed by atoms with Gasteiger partial charge in [0.25, 0.3) is 0 Å². The lowest BCUT2D eigenvalue weighted by atomic mass is 9.83. The van der Waals surface area contributed by atoms with Crippen LogP contribution in [0.3, 0.4) is 0 Å². The second-order valence-electron chi connectivity index (χ2n) is 6.79. The standard InChI is InChI=1S/C17H26FNO2/c1-16(2,12-20)10-7-11-19-15(21)17(3,4)13-8-5-6-9-14(13)18/h5-6,8-9,20H,7,10-12H2,1-4H3,(H,19,21). The third-order valence-corrected chi connectivity index (χ3v) is 3.86. The molecule has 0 aliphatic carbocycles. The first kappa shape index (κ1) is 17.6. The van der Waals surface area contributed by atoms with Gasteiger partial charge in [-0.05, 0) is 38.2 Å². The summed E-state index contributed by atoms with van der Waals surface area (Å²) in [4.78, 5) is 12.3. The summed E-state index contributed by atoms with van der Waals surface area (Å²) in [6.45, 7) is 8.06. The van der Waals surface area contributed by atoms with Crippen LogP contribution in [0.1, 0.15) is 46.1 Å². The normalized spacial score (nSPS) is 12.3. The van der Waals surface area contributed by atoms with Gasteiger partial charge in [0.15, 0.2) is 0 Å². The summed E-state index contributed by atoms with van der Waals surface area (Å²) in [5.74, 6) is -0.548. The number of hydrogen-bond acceptors (Lipinski definition) is 2. The van der Waals surface area contributed by atoms with Crippen LogP contribution in [0.25, 0.3) is 0 Å². The van der Waals surface area contributed by atoms with E-state index in [0.717, 1.165) is 12.8 Å². The molecule has 1 rings (SSSR count). The van der Waals surface area contributed by atoms with E-state index in [1.807, 2.05) is 13.8 Å². The highest BCUT2D eigenvalue weighted by Gasteiger charge is 2.31. The summed E-state index contributed by atoms with van der Waals surface area (Å²) in [7, 11) is 0. The van der Waals surface area contributed by atoms with E-state index >= 15 is 0 Å². The Labute approximate surface area is 126 Å². The van der Waals surface area contributed by atoms with E-state index in [-0.39, 0.29) is 23.7 Å². The van der Waals surface area contributed by atoms with Gasteiger partial charge in [-0.25, -0.2) is 4.39 Å². The Kier molecular flexibility index (Phi) is 5.90. The Morgan fingerprint density at radius 3 is 2.43 bits per heavy atom. The highest BCUT2D eigenvalue weighted by molar-refractivity contribution is 5.87. The van der Waals surface area contributed by atoms with Gasteiger partial charge in [-0.2, -0.15) is 0 Å². The number of amides is 1. The maximum Gasteiger partial charge on any atom is 0.230 e. The molecule has 2 N–H and O–H groups in total. The average molecular weight is 295 g/mol. The van der Waals surface area contributed by atoms with Crippen molar-refractivity contribution in [3.05, 3.63) is 35.6 Å². The zero-order valence-corrected chi connectivity index (χ0v) is 13.4. The molecule has 0 spiro atoms. The lowest BCUT2D eigenvalue weighted by Gasteiger charge is -2.25. The van der Waals surface area contributed by atoms with Gasteiger partial charge in [-0.3, -0.25) is 4.79 Å². The first-order chi connectivity index (χ1) is 9.70. The minimum absolute atomic E-state index is 0.127. The Morgan fingerprint density at radius 2 is 1.86 bits per heavy atom. The predicted octanol–water partition coefficient (Wildman–Crippen LogP) is 3.02. The molecular weight excluding hydrogens is 269 g/mol. The lowest BCUT2D eigenvalue weighted by Crippen LogP contribution is -2.41. The highest BCUT2D eigenvalue weighted by Crippen LogP contribution is 2.26. The number of halogens is 1. The third kappa shape index (κ3) is 4.81. The van der Waals surface area contributed by atoms with Gasteiger partial charge < -0.3 is 10.4 Å². The summed E-state index contributed by atoms with van der Waals surface area (Å²) < 4.78 is 13.8. The van der Waals surface area contributed by atoms with Gasteiger partial charge in [0.05, 0.1) is 5.41 Å². The molecule has 0 aliphatic heterocycles. The molecule has 118 valence electrons. The van der Waals surface area contributed by atoms with Crippen LogP contribution in [0.5, 0.6) is 0 Å². The zero-order valence-electron chi connectivity index (χ0n) is 13.4. The fourth-order valence-electron chi connectivity index (χ4n) is 2.16. The Hall–Kier alpha value is -1.42. The van der Waals surface area contributed by atoms with Crippen molar-refractivity contribution in [1.29, 1.82) is 0 Å². The number of hydrogen-bond donors (Lipinski definition) is 2. The van der Waals surface area contributed by atoms with E-state index in [1.165, 1.54) is 6.07 Å². The summed E-state index contributed by atoms with van der Waals surface area (Å²) >= 11 is 0. The number of benzene rings is 1. The molecule has 1 amide bonds. The van der Waals surface area contributed by atoms with Gasteiger partial charge in [0.2, 0.25) is 5.91 Å². The van der Waals surface area contributed by atoms with Gasteiger partial charge in [0, 0.05) is 18.7 Å². The molecule has 1 aromatic carbocycles. The Bertz CT molecular complexity index is 483. The van der Waals surface area contributed by atoms with Gasteiger partial charge in [-0.15, -0.1) is 0 Å². The zero-order chi connectivity index (χ0) is 16.1. The van der Waals surface area contributed by atoms with E-state index in [4.69, 9.17) is 0 Å². The molecule has 0 aromatic heterocycles. The second kappa shape index (κ2) is 7.03. The van der Waals surface area contributed by atoms with Crippen molar-refractivity contribution in [2.75, 3.05) is 13.2 Å². The number of aliphatic hydroxyl groups excluding tert-OH is 1. The first-order valence-electron chi connectivity index (χ1n) is 7.35. The molecule has 21 heavy (non-hydrogen) atoms. The van der Waals surface area contributed by atoms with Crippen LogP contribution in [-0.4, -0.2) is 24.2 Å². The molecular formula is C17H26FNO2. The molecule has 0 atom stereocenters. The smallest absolute Gasteiger partial charge is 0.230 e. The van der Waals surface area contributed by atoms with Crippen molar-refractivity contribution in [2.24, 2.45) is 5.41 Å². The van der Waals surface area contributed by atoms with Crippen LogP contribution in [0.2, 0.25) is 0 Å². The largest absolute Gasteiger partial charge is 0.396 e. The first-order valence-corrected chi connectivity index (χ1v) is 7.35. The van der Waals surface area contributed by atoms with Crippen LogP contribution in [0.4, 0.5) is 4.39 Å². The van der Waals surface area contributed by atoms with Gasteiger partial charge in [-0.1, -0.05) is 32.0 Å². The minimum Gasteiger partial charge on any atom is -0.396 e. The van der Waals surface area contributed by atoms with Crippen LogP contribution in [0, 0.1) is 11.2 Å². The number of carbonyl (C=O) groups is 1. The molecule has 3 nitrogen and oxygen atoms in total. The molecule has 0 fully saturated rings. The second-order valence-corrected chi connectivity index (χ2v) is 6.79. The summed E-state index contributed by atoms with van der Waals surface area (Å²) in [5, 5.41) is 12.0. The van der Waals surface area contributed by atoms with E-state index in [1.54, 1.807) is 32.0 Å². The van der Waals surface area contributed by atoms with Crippen molar-refractivity contribution >= 4 is 5.91 Å². The molecule has 4 heteroatoms. The number of rotatable bonds is 7. The lowest BCUT2D eigenvalue weighted by molar-refractivity contribution is -0.125. The maximum absolute atomic E-state index is 13.8. The minimum atomic E-state index is -0.905. The fraction of sp³-hybridized carbons (Fsp3) is 0.588. The highest BCUT2D eigenvalue weighted by atomic mass is 19.1. The van der Waals surface area contributed by atoms with E-state index in [9.17, 15) is 14.3 Å². The number of nitrogens with one attached hydrogen (secondary N) is 1. The van der Waals surface area contributed by atoms with E-state index in [2.05, 4.69) is 5.32 Å². The molecule has 0 aliphatic rings. The quantitative estimate of drug-likeness (QED) is 0.760. The molecule has 0 unspecified atom stereocenters. The number of aliphatic hydroxyl groups is 1. The Morgan fingerprint density at radius 1 is 1.24 bits per heavy atom. The summed E-state index contributed by atoms with van der Waals surface area (Å²) in [6.07, 6.45) is 1.61. The van der Waals surface area contributed by atoms with Crippen molar-refractivity contribution in [2.45, 2.75) is 46.0 Å². The van der Waals surface area contributed by atoms with Crippen molar-refractivity contribution in [1.82, 2.24) is 5.32 Å². The van der Waals surface area contributed by atoms with Crippen molar-refractivity contribution < 1.29 is 14.3 Å². The van der Waals surface area contributed by atoms with Gasteiger partial charge >= 0.3 is 0 Å². The molecule has 1 aromatic rings. The molecule has 0 saturated carbocycles. The van der Waals surface area contributed by atoms with Crippen LogP contribution in [0.15, 0.2) is 24.3 Å². The predicted molar refractivity (Wildman–Crippen MR) is 82.5 cm³/mol. The van der Waals surface area contributed by atoms with Crippen LogP contribution in [-0.2, 0) is 10.2 Å². The van der Waals surface area contributed by atoms with E-state index in [0.29, 0.717) is 12.1 Å². The Balaban J connectivity index is 2.57. The maximum atomic E-state index is 13.8.